The second-order valence-corrected chi connectivity index (χ2v) is 9.31. The van der Waals surface area contributed by atoms with E-state index in [0.29, 0.717) is 36.5 Å². The summed E-state index contributed by atoms with van der Waals surface area (Å²) in [5, 5.41) is 6.80. The van der Waals surface area contributed by atoms with E-state index in [-0.39, 0.29) is 22.3 Å². The first-order valence-electron chi connectivity index (χ1n) is 10.4. The summed E-state index contributed by atoms with van der Waals surface area (Å²) in [5.41, 5.74) is 2.20. The maximum Gasteiger partial charge on any atom is 0.265 e. The van der Waals surface area contributed by atoms with Crippen molar-refractivity contribution < 1.29 is 17.6 Å². The zero-order chi connectivity index (χ0) is 22.0. The van der Waals surface area contributed by atoms with Crippen molar-refractivity contribution in [2.24, 2.45) is 0 Å². The minimum atomic E-state index is -3.87. The van der Waals surface area contributed by atoms with Gasteiger partial charge in [0.25, 0.3) is 15.9 Å². The van der Waals surface area contributed by atoms with Crippen LogP contribution in [0.15, 0.2) is 45.8 Å². The van der Waals surface area contributed by atoms with E-state index < -0.39 is 10.0 Å². The molecular formula is C22H26N4O4S. The minimum Gasteiger partial charge on any atom is -0.458 e. The third-order valence-corrected chi connectivity index (χ3v) is 7.04. The third kappa shape index (κ3) is 4.23. The number of benzene rings is 1. The van der Waals surface area contributed by atoms with Crippen LogP contribution in [0.25, 0.3) is 11.5 Å². The number of H-pyrrole nitrogens is 1. The first-order valence-corrected chi connectivity index (χ1v) is 11.9. The number of anilines is 1. The number of hydrogen-bond acceptors (Lipinski definition) is 5. The molecule has 3 aromatic rings. The molecule has 31 heavy (non-hydrogen) atoms. The number of hydrogen-bond donors (Lipinski definition) is 2. The van der Waals surface area contributed by atoms with Gasteiger partial charge in [0.2, 0.25) is 0 Å². The summed E-state index contributed by atoms with van der Waals surface area (Å²) in [6.45, 7) is 4.97. The smallest absolute Gasteiger partial charge is 0.265 e. The molecular weight excluding hydrogens is 416 g/mol. The van der Waals surface area contributed by atoms with Gasteiger partial charge in [0.1, 0.15) is 16.3 Å². The van der Waals surface area contributed by atoms with E-state index in [1.54, 1.807) is 24.0 Å². The van der Waals surface area contributed by atoms with Crippen LogP contribution in [0.1, 0.15) is 47.9 Å². The van der Waals surface area contributed by atoms with Crippen LogP contribution in [0.4, 0.5) is 5.69 Å². The van der Waals surface area contributed by atoms with Crippen molar-refractivity contribution in [2.75, 3.05) is 17.8 Å². The van der Waals surface area contributed by atoms with Gasteiger partial charge in [-0.05, 0) is 44.2 Å². The molecule has 1 aliphatic heterocycles. The van der Waals surface area contributed by atoms with Crippen molar-refractivity contribution in [1.82, 2.24) is 15.1 Å². The van der Waals surface area contributed by atoms with E-state index in [9.17, 15) is 13.2 Å². The Kier molecular flexibility index (Phi) is 5.86. The fraction of sp³-hybridized carbons (Fsp3) is 0.364. The Morgan fingerprint density at radius 3 is 2.71 bits per heavy atom. The summed E-state index contributed by atoms with van der Waals surface area (Å²) >= 11 is 0. The molecule has 9 heteroatoms. The summed E-state index contributed by atoms with van der Waals surface area (Å²) in [6, 6.07) is 8.71. The second-order valence-electron chi connectivity index (χ2n) is 7.66. The highest BCUT2D eigenvalue weighted by Crippen LogP contribution is 2.31. The van der Waals surface area contributed by atoms with Crippen molar-refractivity contribution in [2.45, 2.75) is 44.4 Å². The van der Waals surface area contributed by atoms with Gasteiger partial charge in [-0.15, -0.1) is 0 Å². The van der Waals surface area contributed by atoms with Gasteiger partial charge in [0, 0.05) is 19.2 Å². The number of piperidine rings is 1. The predicted molar refractivity (Wildman–Crippen MR) is 117 cm³/mol. The number of likely N-dealkylation sites (tertiary alicyclic amines) is 1. The van der Waals surface area contributed by atoms with Gasteiger partial charge in [-0.3, -0.25) is 14.6 Å². The van der Waals surface area contributed by atoms with Crippen LogP contribution in [0.5, 0.6) is 0 Å². The molecule has 4 rings (SSSR count). The van der Waals surface area contributed by atoms with Crippen LogP contribution in [0.2, 0.25) is 0 Å². The summed E-state index contributed by atoms with van der Waals surface area (Å²) in [5.74, 6) is 0.374. The van der Waals surface area contributed by atoms with E-state index >= 15 is 0 Å². The molecule has 1 fully saturated rings. The number of para-hydroxylation sites is 1. The van der Waals surface area contributed by atoms with Crippen LogP contribution in [0.3, 0.4) is 0 Å². The van der Waals surface area contributed by atoms with E-state index in [4.69, 9.17) is 4.42 Å². The highest BCUT2D eigenvalue weighted by Gasteiger charge is 2.27. The van der Waals surface area contributed by atoms with Crippen LogP contribution < -0.4 is 4.72 Å². The minimum absolute atomic E-state index is 0.0272. The quantitative estimate of drug-likeness (QED) is 0.601. The van der Waals surface area contributed by atoms with E-state index in [0.717, 1.165) is 24.8 Å². The molecule has 1 saturated heterocycles. The summed E-state index contributed by atoms with van der Waals surface area (Å²) < 4.78 is 34.5. The SMILES string of the molecule is CCc1ccccc1NS(=O)(=O)c1cc(-c2[nH]ncc2C(=O)N2CCCCC2)oc1C. The number of furan rings is 1. The molecule has 0 radical (unpaired) electrons. The second kappa shape index (κ2) is 8.58. The highest BCUT2D eigenvalue weighted by atomic mass is 32.2. The normalized spacial score (nSPS) is 14.6. The van der Waals surface area contributed by atoms with E-state index in [1.165, 1.54) is 12.3 Å². The summed E-state index contributed by atoms with van der Waals surface area (Å²) in [7, 11) is -3.87. The Morgan fingerprint density at radius 2 is 1.97 bits per heavy atom. The van der Waals surface area contributed by atoms with Crippen molar-refractivity contribution in [3.8, 4) is 11.5 Å². The summed E-state index contributed by atoms with van der Waals surface area (Å²) in [6.07, 6.45) is 5.24. The molecule has 0 spiro atoms. The number of aryl methyl sites for hydroxylation is 2. The summed E-state index contributed by atoms with van der Waals surface area (Å²) in [4.78, 5) is 14.8. The molecule has 0 aliphatic carbocycles. The Balaban J connectivity index is 1.64. The lowest BCUT2D eigenvalue weighted by Gasteiger charge is -2.26. The van der Waals surface area contributed by atoms with Crippen molar-refractivity contribution >= 4 is 21.6 Å². The highest BCUT2D eigenvalue weighted by molar-refractivity contribution is 7.92. The van der Waals surface area contributed by atoms with Gasteiger partial charge in [-0.1, -0.05) is 25.1 Å². The lowest BCUT2D eigenvalue weighted by molar-refractivity contribution is 0.0725. The van der Waals surface area contributed by atoms with Crippen molar-refractivity contribution in [1.29, 1.82) is 0 Å². The number of rotatable bonds is 6. The average molecular weight is 443 g/mol. The number of nitrogens with zero attached hydrogens (tertiary/aromatic N) is 2. The molecule has 3 heterocycles. The number of sulfonamides is 1. The standard InChI is InChI=1S/C22H26N4O4S/c1-3-16-9-5-6-10-18(16)25-31(28,29)20-13-19(30-15(20)2)21-17(14-23-24-21)22(27)26-11-7-4-8-12-26/h5-6,9-10,13-14,25H,3-4,7-8,11-12H2,1-2H3,(H,23,24). The molecule has 1 aromatic carbocycles. The predicted octanol–water partition coefficient (Wildman–Crippen LogP) is 3.97. The molecule has 2 N–H and O–H groups in total. The van der Waals surface area contributed by atoms with E-state index in [1.807, 2.05) is 19.1 Å². The maximum absolute atomic E-state index is 13.1. The molecule has 1 amide bonds. The van der Waals surface area contributed by atoms with Gasteiger partial charge < -0.3 is 9.32 Å². The number of carbonyl (C=O) groups excluding carboxylic acids is 1. The van der Waals surface area contributed by atoms with Gasteiger partial charge in [0.15, 0.2) is 5.76 Å². The maximum atomic E-state index is 13.1. The Morgan fingerprint density at radius 1 is 1.23 bits per heavy atom. The molecule has 0 unspecified atom stereocenters. The Bertz CT molecular complexity index is 1190. The lowest BCUT2D eigenvalue weighted by Crippen LogP contribution is -2.35. The topological polar surface area (TPSA) is 108 Å². The number of nitrogens with one attached hydrogen (secondary N) is 2. The number of aromatic amines is 1. The molecule has 2 aromatic heterocycles. The molecule has 0 atom stereocenters. The molecule has 164 valence electrons. The van der Waals surface area contributed by atoms with E-state index in [2.05, 4.69) is 14.9 Å². The van der Waals surface area contributed by atoms with Crippen LogP contribution in [-0.2, 0) is 16.4 Å². The van der Waals surface area contributed by atoms with Gasteiger partial charge in [-0.2, -0.15) is 5.10 Å². The number of amides is 1. The van der Waals surface area contributed by atoms with Gasteiger partial charge in [0.05, 0.1) is 17.4 Å². The van der Waals surface area contributed by atoms with Crippen LogP contribution in [0, 0.1) is 6.92 Å². The first kappa shape index (κ1) is 21.2. The largest absolute Gasteiger partial charge is 0.458 e. The Hall–Kier alpha value is -3.07. The number of aromatic nitrogens is 2. The third-order valence-electron chi connectivity index (χ3n) is 5.56. The monoisotopic (exact) mass is 442 g/mol. The van der Waals surface area contributed by atoms with Crippen LogP contribution >= 0.6 is 0 Å². The number of carbonyl (C=O) groups is 1. The molecule has 8 nitrogen and oxygen atoms in total. The molecule has 0 bridgehead atoms. The van der Waals surface area contributed by atoms with Crippen molar-refractivity contribution in [3.63, 3.8) is 0 Å². The first-order chi connectivity index (χ1) is 14.9. The zero-order valence-corrected chi connectivity index (χ0v) is 18.5. The molecule has 1 aliphatic rings. The van der Waals surface area contributed by atoms with Gasteiger partial charge in [-0.25, -0.2) is 8.42 Å². The van der Waals surface area contributed by atoms with Crippen LogP contribution in [-0.4, -0.2) is 42.5 Å². The average Bonchev–Trinajstić information content (AvgIpc) is 3.41. The van der Waals surface area contributed by atoms with Crippen molar-refractivity contribution in [3.05, 3.63) is 53.4 Å². The Labute approximate surface area is 181 Å². The lowest BCUT2D eigenvalue weighted by atomic mass is 10.1. The molecule has 0 saturated carbocycles. The zero-order valence-electron chi connectivity index (χ0n) is 17.6. The fourth-order valence-corrected chi connectivity index (χ4v) is 5.17. The van der Waals surface area contributed by atoms with Gasteiger partial charge >= 0.3 is 0 Å². The fourth-order valence-electron chi connectivity index (χ4n) is 3.89.